The van der Waals surface area contributed by atoms with Gasteiger partial charge < -0.3 is 5.32 Å². The lowest BCUT2D eigenvalue weighted by Gasteiger charge is -2.13. The highest BCUT2D eigenvalue weighted by atomic mass is 32.2. The summed E-state index contributed by atoms with van der Waals surface area (Å²) in [4.78, 5) is 1.37. The zero-order valence-electron chi connectivity index (χ0n) is 9.03. The van der Waals surface area contributed by atoms with Gasteiger partial charge >= 0.3 is 0 Å². The van der Waals surface area contributed by atoms with Crippen molar-refractivity contribution < 1.29 is 0 Å². The molecule has 0 bridgehead atoms. The predicted octanol–water partition coefficient (Wildman–Crippen LogP) is 3.72. The van der Waals surface area contributed by atoms with Crippen LogP contribution < -0.4 is 5.32 Å². The van der Waals surface area contributed by atoms with E-state index in [0.717, 1.165) is 5.75 Å². The monoisotopic (exact) mass is 239 g/mol. The van der Waals surface area contributed by atoms with Crippen LogP contribution in [0.4, 0.5) is 5.69 Å². The number of hydrogen-bond donors (Lipinski definition) is 1. The van der Waals surface area contributed by atoms with Crippen molar-refractivity contribution in [2.75, 3.05) is 22.6 Å². The Hall–Kier alpha value is -0.280. The fourth-order valence-electron chi connectivity index (χ4n) is 1.73. The van der Waals surface area contributed by atoms with E-state index in [4.69, 9.17) is 0 Å². The smallest absolute Gasteiger partial charge is 0.0359 e. The van der Waals surface area contributed by atoms with Crippen molar-refractivity contribution in [1.82, 2.24) is 0 Å². The van der Waals surface area contributed by atoms with E-state index in [1.165, 1.54) is 28.5 Å². The van der Waals surface area contributed by atoms with Crippen molar-refractivity contribution in [1.29, 1.82) is 0 Å². The van der Waals surface area contributed by atoms with Gasteiger partial charge in [0.15, 0.2) is 0 Å². The topological polar surface area (TPSA) is 12.0 Å². The third-order valence-corrected chi connectivity index (χ3v) is 4.48. The largest absolute Gasteiger partial charge is 0.381 e. The molecule has 1 heterocycles. The van der Waals surface area contributed by atoms with Gasteiger partial charge in [-0.15, -0.1) is 11.8 Å². The van der Waals surface area contributed by atoms with Gasteiger partial charge in [-0.05, 0) is 36.1 Å². The van der Waals surface area contributed by atoms with Gasteiger partial charge in [0, 0.05) is 22.4 Å². The number of nitrogens with one attached hydrogen (secondary N) is 1. The Morgan fingerprint density at radius 1 is 1.53 bits per heavy atom. The highest BCUT2D eigenvalue weighted by molar-refractivity contribution is 7.99. The third-order valence-electron chi connectivity index (χ3n) is 2.45. The summed E-state index contributed by atoms with van der Waals surface area (Å²) in [5.41, 5.74) is 1.28. The fourth-order valence-corrected chi connectivity index (χ4v) is 3.60. The van der Waals surface area contributed by atoms with Gasteiger partial charge in [-0.25, -0.2) is 0 Å². The zero-order valence-corrected chi connectivity index (χ0v) is 10.7. The summed E-state index contributed by atoms with van der Waals surface area (Å²) in [6.07, 6.45) is 1.30. The Morgan fingerprint density at radius 2 is 2.47 bits per heavy atom. The van der Waals surface area contributed by atoms with Gasteiger partial charge in [-0.2, -0.15) is 11.8 Å². The summed E-state index contributed by atoms with van der Waals surface area (Å²) in [6, 6.07) is 9.43. The number of anilines is 1. The molecule has 1 atom stereocenters. The van der Waals surface area contributed by atoms with Gasteiger partial charge in [0.25, 0.3) is 0 Å². The van der Waals surface area contributed by atoms with Crippen molar-refractivity contribution in [3.8, 4) is 0 Å². The van der Waals surface area contributed by atoms with Crippen LogP contribution in [0, 0.1) is 0 Å². The molecule has 15 heavy (non-hydrogen) atoms. The molecule has 1 aromatic carbocycles. The molecular weight excluding hydrogens is 222 g/mol. The first-order valence-corrected chi connectivity index (χ1v) is 7.59. The second kappa shape index (κ2) is 5.71. The first-order valence-electron chi connectivity index (χ1n) is 5.45. The zero-order chi connectivity index (χ0) is 10.5. The normalized spacial score (nSPS) is 20.5. The second-order valence-electron chi connectivity index (χ2n) is 3.67. The lowest BCUT2D eigenvalue weighted by molar-refractivity contribution is 0.812. The van der Waals surface area contributed by atoms with Crippen LogP contribution in [0.25, 0.3) is 0 Å². The summed E-state index contributed by atoms with van der Waals surface area (Å²) >= 11 is 3.95. The molecule has 0 amide bonds. The fraction of sp³-hybridized carbons (Fsp3) is 0.500. The van der Waals surface area contributed by atoms with E-state index in [-0.39, 0.29) is 0 Å². The highest BCUT2D eigenvalue weighted by Crippen LogP contribution is 2.24. The van der Waals surface area contributed by atoms with Crippen LogP contribution in [-0.4, -0.2) is 23.3 Å². The Kier molecular flexibility index (Phi) is 4.27. The molecule has 1 N–H and O–H groups in total. The van der Waals surface area contributed by atoms with E-state index < -0.39 is 0 Å². The Labute approximate surface area is 100 Å². The van der Waals surface area contributed by atoms with Crippen LogP contribution in [0.2, 0.25) is 0 Å². The minimum absolute atomic E-state index is 0.678. The molecule has 1 saturated heterocycles. The van der Waals surface area contributed by atoms with E-state index in [2.05, 4.69) is 36.5 Å². The van der Waals surface area contributed by atoms with Gasteiger partial charge in [-0.3, -0.25) is 0 Å². The summed E-state index contributed by atoms with van der Waals surface area (Å²) < 4.78 is 0. The summed E-state index contributed by atoms with van der Waals surface area (Å²) in [6.45, 7) is 2.19. The molecule has 0 aromatic heterocycles. The molecule has 1 aromatic rings. The lowest BCUT2D eigenvalue weighted by Crippen LogP contribution is -2.17. The molecule has 82 valence electrons. The maximum Gasteiger partial charge on any atom is 0.0359 e. The van der Waals surface area contributed by atoms with Crippen LogP contribution in [0.1, 0.15) is 13.3 Å². The molecule has 1 aliphatic rings. The van der Waals surface area contributed by atoms with Gasteiger partial charge in [0.05, 0.1) is 0 Å². The van der Waals surface area contributed by atoms with Crippen molar-refractivity contribution >= 4 is 29.2 Å². The van der Waals surface area contributed by atoms with Crippen LogP contribution in [0.3, 0.4) is 0 Å². The molecule has 1 aliphatic heterocycles. The van der Waals surface area contributed by atoms with E-state index >= 15 is 0 Å². The van der Waals surface area contributed by atoms with E-state index in [1.807, 2.05) is 23.5 Å². The van der Waals surface area contributed by atoms with E-state index in [9.17, 15) is 0 Å². The minimum Gasteiger partial charge on any atom is -0.381 e. The number of rotatable bonds is 4. The number of hydrogen-bond acceptors (Lipinski definition) is 3. The SMILES string of the molecule is CCSc1cccc(NC2CCSC2)c1. The molecule has 0 saturated carbocycles. The molecule has 0 spiro atoms. The molecule has 1 nitrogen and oxygen atoms in total. The molecule has 0 radical (unpaired) electrons. The van der Waals surface area contributed by atoms with Gasteiger partial charge in [0.2, 0.25) is 0 Å². The van der Waals surface area contributed by atoms with Crippen molar-refractivity contribution in [2.45, 2.75) is 24.3 Å². The van der Waals surface area contributed by atoms with Crippen LogP contribution in [0.5, 0.6) is 0 Å². The van der Waals surface area contributed by atoms with E-state index in [1.54, 1.807) is 0 Å². The first kappa shape index (κ1) is 11.2. The molecule has 0 aliphatic carbocycles. The average Bonchev–Trinajstić information content (AvgIpc) is 2.71. The summed E-state index contributed by atoms with van der Waals surface area (Å²) in [5.74, 6) is 3.70. The maximum atomic E-state index is 3.61. The third kappa shape index (κ3) is 3.35. The second-order valence-corrected chi connectivity index (χ2v) is 6.15. The van der Waals surface area contributed by atoms with E-state index in [0.29, 0.717) is 6.04 Å². The van der Waals surface area contributed by atoms with Crippen LogP contribution >= 0.6 is 23.5 Å². The Bertz CT molecular complexity index is 308. The molecule has 1 unspecified atom stereocenters. The molecule has 3 heteroatoms. The predicted molar refractivity (Wildman–Crippen MR) is 72.2 cm³/mol. The number of thioether (sulfide) groups is 2. The maximum absolute atomic E-state index is 3.61. The van der Waals surface area contributed by atoms with Crippen molar-refractivity contribution in [3.05, 3.63) is 24.3 Å². The summed E-state index contributed by atoms with van der Waals surface area (Å²) in [7, 11) is 0. The van der Waals surface area contributed by atoms with Gasteiger partial charge in [0.1, 0.15) is 0 Å². The van der Waals surface area contributed by atoms with Crippen molar-refractivity contribution in [2.24, 2.45) is 0 Å². The first-order chi connectivity index (χ1) is 7.38. The van der Waals surface area contributed by atoms with Gasteiger partial charge in [-0.1, -0.05) is 13.0 Å². The minimum atomic E-state index is 0.678. The van der Waals surface area contributed by atoms with Crippen LogP contribution in [0.15, 0.2) is 29.2 Å². The summed E-state index contributed by atoms with van der Waals surface area (Å²) in [5, 5.41) is 3.61. The van der Waals surface area contributed by atoms with Crippen LogP contribution in [-0.2, 0) is 0 Å². The molecule has 2 rings (SSSR count). The van der Waals surface area contributed by atoms with Crippen molar-refractivity contribution in [3.63, 3.8) is 0 Å². The highest BCUT2D eigenvalue weighted by Gasteiger charge is 2.14. The average molecular weight is 239 g/mol. The quantitative estimate of drug-likeness (QED) is 0.804. The molecule has 1 fully saturated rings. The Balaban J connectivity index is 1.97. The Morgan fingerprint density at radius 3 is 3.20 bits per heavy atom. The standard InChI is InChI=1S/C12H17NS2/c1-2-15-12-5-3-4-10(8-12)13-11-6-7-14-9-11/h3-5,8,11,13H,2,6-7,9H2,1H3. The number of benzene rings is 1. The lowest BCUT2D eigenvalue weighted by atomic mass is 10.2. The molecular formula is C12H17NS2.